The second kappa shape index (κ2) is 22.7. The second-order valence-corrected chi connectivity index (χ2v) is 24.2. The standard InChI is InChI=1S/C50H58BrFN4O11SSi/c1-11-62-48(57)37(65-46-39-40(51)44(68-47(39)55-28-54-46)29-15-17-32(52)18-16-29)25-31-24-35(67-69(9,10)50(2,3)4)19-20-36(31)64-26-33-21-22-53-45(56-33)30-13-12-14-34(23-30)63-27-38-41(58-5)42(59-6)43(60-7)49(61-8)66-38/h12-24,28,37-38,41-43,49H,11,25-27H2,1-10H3/t37-,38-,41-,42+,43+,49+/m1/s1. The molecule has 7 rings (SSSR count). The summed E-state index contributed by atoms with van der Waals surface area (Å²) in [6, 6.07) is 21.0. The average molecular weight is 1050 g/mol. The summed E-state index contributed by atoms with van der Waals surface area (Å²) in [7, 11) is 4.01. The van der Waals surface area contributed by atoms with Crippen LogP contribution < -0.4 is 18.6 Å². The average Bonchev–Trinajstić information content (AvgIpc) is 3.68. The van der Waals surface area contributed by atoms with E-state index in [0.29, 0.717) is 54.6 Å². The topological polar surface area (TPSA) is 161 Å². The lowest BCUT2D eigenvalue weighted by Crippen LogP contribution is -2.61. The Labute approximate surface area is 415 Å². The molecule has 0 aliphatic carbocycles. The molecule has 3 aromatic carbocycles. The molecule has 0 amide bonds. The van der Waals surface area contributed by atoms with Gasteiger partial charge in [0.05, 0.1) is 27.0 Å². The molecule has 0 N–H and O–H groups in total. The number of methoxy groups -OCH3 is 4. The maximum atomic E-state index is 13.8. The third-order valence-corrected chi connectivity index (χ3v) is 18.7. The summed E-state index contributed by atoms with van der Waals surface area (Å²) in [4.78, 5) is 33.6. The van der Waals surface area contributed by atoms with E-state index in [1.54, 1.807) is 59.8 Å². The zero-order chi connectivity index (χ0) is 49.5. The van der Waals surface area contributed by atoms with Gasteiger partial charge in [0, 0.05) is 52.2 Å². The molecule has 0 spiro atoms. The van der Waals surface area contributed by atoms with Crippen LogP contribution in [0, 0.1) is 5.82 Å². The predicted octanol–water partition coefficient (Wildman–Crippen LogP) is 10.0. The van der Waals surface area contributed by atoms with Gasteiger partial charge in [-0.15, -0.1) is 11.3 Å². The van der Waals surface area contributed by atoms with Crippen LogP contribution in [0.4, 0.5) is 4.39 Å². The van der Waals surface area contributed by atoms with Crippen LogP contribution in [0.5, 0.6) is 23.1 Å². The smallest absolute Gasteiger partial charge is 0.347 e. The van der Waals surface area contributed by atoms with Crippen LogP contribution in [-0.2, 0) is 46.2 Å². The minimum atomic E-state index is -2.29. The van der Waals surface area contributed by atoms with Crippen LogP contribution in [0.25, 0.3) is 32.0 Å². The third-order valence-electron chi connectivity index (χ3n) is 12.2. The molecule has 0 radical (unpaired) electrons. The number of benzene rings is 3. The molecule has 3 aromatic heterocycles. The highest BCUT2D eigenvalue weighted by Crippen LogP contribution is 2.45. The number of esters is 1. The van der Waals surface area contributed by atoms with Gasteiger partial charge in [0.2, 0.25) is 20.3 Å². The zero-order valence-electron chi connectivity index (χ0n) is 40.3. The second-order valence-electron chi connectivity index (χ2n) is 17.7. The van der Waals surface area contributed by atoms with Crippen LogP contribution in [0.3, 0.4) is 0 Å². The van der Waals surface area contributed by atoms with Gasteiger partial charge in [-0.05, 0) is 95.1 Å². The number of fused-ring (bicyclic) bond motifs is 1. The number of nitrogens with zero attached hydrogens (tertiary/aromatic N) is 4. The number of thiophene rings is 1. The minimum absolute atomic E-state index is 0.0327. The van der Waals surface area contributed by atoms with E-state index in [0.717, 1.165) is 10.4 Å². The summed E-state index contributed by atoms with van der Waals surface area (Å²) in [5.74, 6) is 1.38. The van der Waals surface area contributed by atoms with Gasteiger partial charge in [-0.3, -0.25) is 0 Å². The SMILES string of the molecule is CCOC(=O)[C@@H](Cc1cc(O[Si](C)(C)C(C)(C)C)ccc1OCc1ccnc(-c2cccc(OC[C@H]3O[C@H](OC)[C@@H](OC)[C@@H](OC)[C@@H]3OC)c2)n1)Oc1ncnc2sc(-c3ccc(F)cc3)c(Br)c12. The lowest BCUT2D eigenvalue weighted by molar-refractivity contribution is -0.305. The van der Waals surface area contributed by atoms with E-state index in [-0.39, 0.29) is 43.0 Å². The molecular weight excluding hydrogens is 992 g/mol. The molecule has 1 aliphatic rings. The fraction of sp³-hybridized carbons (Fsp3) is 0.420. The van der Waals surface area contributed by atoms with E-state index in [9.17, 15) is 9.18 Å². The normalized spacial score (nSPS) is 19.0. The van der Waals surface area contributed by atoms with Crippen LogP contribution in [0.1, 0.15) is 39.0 Å². The first-order valence-electron chi connectivity index (χ1n) is 22.4. The summed E-state index contributed by atoms with van der Waals surface area (Å²) in [6.45, 7) is 12.9. The number of rotatable bonds is 20. The van der Waals surface area contributed by atoms with Crippen molar-refractivity contribution in [3.8, 4) is 45.0 Å². The number of halogens is 2. The Balaban J connectivity index is 1.13. The maximum absolute atomic E-state index is 13.8. The van der Waals surface area contributed by atoms with E-state index in [2.05, 4.69) is 64.7 Å². The van der Waals surface area contributed by atoms with Gasteiger partial charge in [0.1, 0.15) is 71.9 Å². The summed E-state index contributed by atoms with van der Waals surface area (Å²) in [5, 5.41) is 0.485. The van der Waals surface area contributed by atoms with Gasteiger partial charge in [-0.25, -0.2) is 29.1 Å². The first kappa shape index (κ1) is 51.7. The Hall–Kier alpha value is -5.12. The molecule has 6 aromatic rings. The van der Waals surface area contributed by atoms with Crippen LogP contribution in [0.2, 0.25) is 18.1 Å². The molecule has 69 heavy (non-hydrogen) atoms. The van der Waals surface area contributed by atoms with Gasteiger partial charge in [-0.2, -0.15) is 0 Å². The Morgan fingerprint density at radius 2 is 1.62 bits per heavy atom. The molecule has 0 saturated carbocycles. The summed E-state index contributed by atoms with van der Waals surface area (Å²) in [5.41, 5.74) is 2.73. The van der Waals surface area contributed by atoms with Crippen LogP contribution in [0.15, 0.2) is 89.8 Å². The van der Waals surface area contributed by atoms with E-state index in [1.807, 2.05) is 42.5 Å². The third kappa shape index (κ3) is 12.1. The van der Waals surface area contributed by atoms with Crippen molar-refractivity contribution in [3.05, 3.63) is 107 Å². The highest BCUT2D eigenvalue weighted by molar-refractivity contribution is 9.10. The Morgan fingerprint density at radius 3 is 2.32 bits per heavy atom. The fourth-order valence-corrected chi connectivity index (χ4v) is 10.5. The highest BCUT2D eigenvalue weighted by Gasteiger charge is 2.47. The highest BCUT2D eigenvalue weighted by atomic mass is 79.9. The van der Waals surface area contributed by atoms with E-state index in [1.165, 1.54) is 29.8 Å². The van der Waals surface area contributed by atoms with E-state index in [4.69, 9.17) is 52.0 Å². The van der Waals surface area contributed by atoms with Crippen molar-refractivity contribution in [1.82, 2.24) is 19.9 Å². The van der Waals surface area contributed by atoms with E-state index >= 15 is 0 Å². The lowest BCUT2D eigenvalue weighted by Gasteiger charge is -2.44. The quantitative estimate of drug-likeness (QED) is 0.0524. The van der Waals surface area contributed by atoms with Crippen molar-refractivity contribution in [2.24, 2.45) is 0 Å². The molecule has 368 valence electrons. The predicted molar refractivity (Wildman–Crippen MR) is 265 cm³/mol. The molecule has 1 saturated heterocycles. The number of aromatic nitrogens is 4. The first-order valence-corrected chi connectivity index (χ1v) is 26.9. The van der Waals surface area contributed by atoms with Crippen molar-refractivity contribution in [1.29, 1.82) is 0 Å². The van der Waals surface area contributed by atoms with E-state index < -0.39 is 51.1 Å². The van der Waals surface area contributed by atoms with Crippen molar-refractivity contribution < 1.29 is 56.2 Å². The minimum Gasteiger partial charge on any atom is -0.543 e. The number of carbonyl (C=O) groups excluding carboxylic acids is 1. The van der Waals surface area contributed by atoms with Gasteiger partial charge in [-0.1, -0.05) is 45.0 Å². The van der Waals surface area contributed by atoms with Crippen LogP contribution in [-0.4, -0.2) is 113 Å². The first-order chi connectivity index (χ1) is 33.1. The Morgan fingerprint density at radius 1 is 0.870 bits per heavy atom. The van der Waals surface area contributed by atoms with Gasteiger partial charge in [0.15, 0.2) is 12.1 Å². The molecule has 19 heteroatoms. The molecule has 0 bridgehead atoms. The lowest BCUT2D eigenvalue weighted by atomic mass is 9.98. The monoisotopic (exact) mass is 1050 g/mol. The van der Waals surface area contributed by atoms with Gasteiger partial charge < -0.3 is 47.1 Å². The summed E-state index contributed by atoms with van der Waals surface area (Å²) in [6.07, 6.45) is -0.724. The molecule has 6 atom stereocenters. The Kier molecular flexibility index (Phi) is 17.0. The number of ether oxygens (including phenoxy) is 9. The van der Waals surface area contributed by atoms with Crippen LogP contribution >= 0.6 is 27.3 Å². The zero-order valence-corrected chi connectivity index (χ0v) is 43.7. The molecule has 4 heterocycles. The fourth-order valence-electron chi connectivity index (χ4n) is 7.54. The maximum Gasteiger partial charge on any atom is 0.347 e. The molecule has 1 fully saturated rings. The molecule has 0 unspecified atom stereocenters. The van der Waals surface area contributed by atoms with Crippen molar-refractivity contribution in [2.75, 3.05) is 41.7 Å². The summed E-state index contributed by atoms with van der Waals surface area (Å²) < 4.78 is 75.0. The largest absolute Gasteiger partial charge is 0.543 e. The number of carbonyl (C=O) groups is 1. The number of hydrogen-bond acceptors (Lipinski definition) is 16. The van der Waals surface area contributed by atoms with Crippen molar-refractivity contribution >= 4 is 51.8 Å². The van der Waals surface area contributed by atoms with Crippen molar-refractivity contribution in [2.45, 2.75) is 95.7 Å². The van der Waals surface area contributed by atoms with Gasteiger partial charge >= 0.3 is 5.97 Å². The van der Waals surface area contributed by atoms with Gasteiger partial charge in [0.25, 0.3) is 0 Å². The molecule has 1 aliphatic heterocycles. The summed E-state index contributed by atoms with van der Waals surface area (Å²) >= 11 is 5.11. The molecular formula is C50H58BrFN4O11SSi. The van der Waals surface area contributed by atoms with Crippen molar-refractivity contribution in [3.63, 3.8) is 0 Å². The molecule has 15 nitrogen and oxygen atoms in total. The number of hydrogen-bond donors (Lipinski definition) is 0. The Bertz CT molecular complexity index is 2690.